The normalized spacial score (nSPS) is 28.6. The second-order valence-electron chi connectivity index (χ2n) is 11.1. The molecule has 34 heavy (non-hydrogen) atoms. The Balaban J connectivity index is 1.18. The molecule has 4 fully saturated rings. The highest BCUT2D eigenvalue weighted by Gasteiger charge is 2.47. The average Bonchev–Trinajstić information content (AvgIpc) is 3.40. The van der Waals surface area contributed by atoms with E-state index in [-0.39, 0.29) is 6.10 Å². The third-order valence-corrected chi connectivity index (χ3v) is 8.78. The summed E-state index contributed by atoms with van der Waals surface area (Å²) in [5.74, 6) is 2.22. The smallest absolute Gasteiger partial charge is 0.119 e. The van der Waals surface area contributed by atoms with Crippen molar-refractivity contribution >= 4 is 0 Å². The van der Waals surface area contributed by atoms with Crippen LogP contribution in [0.4, 0.5) is 0 Å². The van der Waals surface area contributed by atoms with Gasteiger partial charge in [0.25, 0.3) is 0 Å². The van der Waals surface area contributed by atoms with Crippen LogP contribution in [0.25, 0.3) is 0 Å². The predicted molar refractivity (Wildman–Crippen MR) is 136 cm³/mol. The lowest BCUT2D eigenvalue weighted by atomic mass is 9.82. The maximum atomic E-state index is 11.8. The fourth-order valence-electron chi connectivity index (χ4n) is 6.78. The highest BCUT2D eigenvalue weighted by atomic mass is 16.5. The number of nitrogens with zero attached hydrogens (tertiary/aromatic N) is 1. The third kappa shape index (κ3) is 5.67. The highest BCUT2D eigenvalue weighted by Crippen LogP contribution is 2.40. The van der Waals surface area contributed by atoms with Crippen LogP contribution in [0.5, 0.6) is 5.75 Å². The van der Waals surface area contributed by atoms with Gasteiger partial charge in [-0.05, 0) is 30.0 Å². The molecule has 1 aliphatic carbocycles. The van der Waals surface area contributed by atoms with Crippen LogP contribution in [0.1, 0.15) is 56.9 Å². The van der Waals surface area contributed by atoms with Crippen molar-refractivity contribution in [3.8, 4) is 5.75 Å². The zero-order valence-electron chi connectivity index (χ0n) is 20.6. The van der Waals surface area contributed by atoms with Crippen LogP contribution in [0.2, 0.25) is 0 Å². The van der Waals surface area contributed by atoms with E-state index in [4.69, 9.17) is 9.47 Å². The molecule has 1 N–H and O–H groups in total. The van der Waals surface area contributed by atoms with Crippen molar-refractivity contribution in [3.05, 3.63) is 66.2 Å². The fourth-order valence-corrected chi connectivity index (χ4v) is 6.78. The molecule has 4 nitrogen and oxygen atoms in total. The molecular formula is C30H42NO3+. The standard InChI is InChI=1S/C30H42NO3/c32-30(22-25-10-7-8-11-25,27-12-3-1-4-13-27)24-34-29-23-31(19-16-26(29)17-20-31)18-9-21-33-28-14-5-2-6-15-28/h1-6,12-15,25-26,29,32H,7-11,16-24H2/q+1. The number of hydrogen-bond donors (Lipinski definition) is 1. The molecule has 4 heteroatoms. The first-order chi connectivity index (χ1) is 16.6. The molecule has 3 saturated heterocycles. The van der Waals surface area contributed by atoms with Crippen molar-refractivity contribution in [2.24, 2.45) is 11.8 Å². The van der Waals surface area contributed by atoms with Crippen molar-refractivity contribution in [2.75, 3.05) is 39.4 Å². The Morgan fingerprint density at radius 2 is 1.56 bits per heavy atom. The van der Waals surface area contributed by atoms with Crippen LogP contribution in [-0.2, 0) is 10.3 Å². The van der Waals surface area contributed by atoms with Gasteiger partial charge in [0.1, 0.15) is 24.0 Å². The van der Waals surface area contributed by atoms with E-state index in [2.05, 4.69) is 12.1 Å². The molecule has 0 aromatic heterocycles. The van der Waals surface area contributed by atoms with E-state index in [0.29, 0.717) is 18.4 Å². The molecule has 2 aromatic carbocycles. The molecule has 2 unspecified atom stereocenters. The van der Waals surface area contributed by atoms with Crippen LogP contribution in [0, 0.1) is 11.8 Å². The molecular weight excluding hydrogens is 422 g/mol. The number of aliphatic hydroxyl groups is 1. The number of piperidine rings is 3. The average molecular weight is 465 g/mol. The number of fused-ring (bicyclic) bond motifs is 3. The van der Waals surface area contributed by atoms with Gasteiger partial charge in [-0.3, -0.25) is 0 Å². The van der Waals surface area contributed by atoms with Crippen LogP contribution in [-0.4, -0.2) is 55.1 Å². The number of ether oxygens (including phenoxy) is 2. The van der Waals surface area contributed by atoms with Gasteiger partial charge in [-0.1, -0.05) is 74.2 Å². The maximum absolute atomic E-state index is 11.8. The Morgan fingerprint density at radius 3 is 2.26 bits per heavy atom. The van der Waals surface area contributed by atoms with Crippen LogP contribution >= 0.6 is 0 Å². The molecule has 184 valence electrons. The molecule has 0 radical (unpaired) electrons. The highest BCUT2D eigenvalue weighted by molar-refractivity contribution is 5.23. The Morgan fingerprint density at radius 1 is 0.882 bits per heavy atom. The van der Waals surface area contributed by atoms with E-state index in [1.165, 1.54) is 51.6 Å². The van der Waals surface area contributed by atoms with Gasteiger partial charge < -0.3 is 19.1 Å². The zero-order valence-corrected chi connectivity index (χ0v) is 20.6. The first-order valence-electron chi connectivity index (χ1n) is 13.6. The van der Waals surface area contributed by atoms with E-state index < -0.39 is 5.60 Å². The maximum Gasteiger partial charge on any atom is 0.119 e. The van der Waals surface area contributed by atoms with E-state index in [1.807, 2.05) is 48.5 Å². The SMILES string of the molecule is OC(COC1C[N+]2(CCCOc3ccccc3)CCC1CC2)(CC1CCCC1)c1ccccc1. The Labute approximate surface area is 205 Å². The van der Waals surface area contributed by atoms with E-state index >= 15 is 0 Å². The summed E-state index contributed by atoms with van der Waals surface area (Å²) < 4.78 is 13.8. The number of rotatable bonds is 11. The summed E-state index contributed by atoms with van der Waals surface area (Å²) in [7, 11) is 0. The topological polar surface area (TPSA) is 38.7 Å². The predicted octanol–water partition coefficient (Wildman–Crippen LogP) is 5.55. The third-order valence-electron chi connectivity index (χ3n) is 8.78. The molecule has 3 heterocycles. The first-order valence-corrected chi connectivity index (χ1v) is 13.6. The van der Waals surface area contributed by atoms with E-state index in [9.17, 15) is 5.11 Å². The summed E-state index contributed by atoms with van der Waals surface area (Å²) in [4.78, 5) is 0. The van der Waals surface area contributed by atoms with Crippen molar-refractivity contribution < 1.29 is 19.1 Å². The van der Waals surface area contributed by atoms with Crippen molar-refractivity contribution in [3.63, 3.8) is 0 Å². The van der Waals surface area contributed by atoms with Crippen LogP contribution in [0.3, 0.4) is 0 Å². The van der Waals surface area contributed by atoms with Gasteiger partial charge in [-0.2, -0.15) is 0 Å². The number of quaternary nitrogens is 1. The zero-order chi connectivity index (χ0) is 23.3. The van der Waals surface area contributed by atoms with Gasteiger partial charge in [-0.15, -0.1) is 0 Å². The van der Waals surface area contributed by atoms with Gasteiger partial charge in [-0.25, -0.2) is 0 Å². The largest absolute Gasteiger partial charge is 0.493 e. The second-order valence-corrected chi connectivity index (χ2v) is 11.1. The van der Waals surface area contributed by atoms with Gasteiger partial charge in [0.2, 0.25) is 0 Å². The molecule has 0 amide bonds. The van der Waals surface area contributed by atoms with Crippen molar-refractivity contribution in [1.82, 2.24) is 0 Å². The van der Waals surface area contributed by atoms with Crippen LogP contribution < -0.4 is 4.74 Å². The van der Waals surface area contributed by atoms with Gasteiger partial charge in [0.15, 0.2) is 0 Å². The van der Waals surface area contributed by atoms with E-state index in [1.54, 1.807) is 0 Å². The molecule has 3 aliphatic heterocycles. The van der Waals surface area contributed by atoms with Crippen LogP contribution in [0.15, 0.2) is 60.7 Å². The summed E-state index contributed by atoms with van der Waals surface area (Å²) in [5, 5.41) is 11.8. The monoisotopic (exact) mass is 464 g/mol. The summed E-state index contributed by atoms with van der Waals surface area (Å²) in [6, 6.07) is 20.4. The van der Waals surface area contributed by atoms with Crippen molar-refractivity contribution in [2.45, 2.75) is 63.1 Å². The van der Waals surface area contributed by atoms with E-state index in [0.717, 1.165) is 48.3 Å². The lowest BCUT2D eigenvalue weighted by Crippen LogP contribution is -2.64. The summed E-state index contributed by atoms with van der Waals surface area (Å²) in [6.07, 6.45) is 9.74. The quantitative estimate of drug-likeness (QED) is 0.350. The number of benzene rings is 2. The lowest BCUT2D eigenvalue weighted by molar-refractivity contribution is -0.946. The first kappa shape index (κ1) is 23.8. The van der Waals surface area contributed by atoms with Crippen molar-refractivity contribution in [1.29, 1.82) is 0 Å². The minimum absolute atomic E-state index is 0.261. The molecule has 2 aromatic rings. The van der Waals surface area contributed by atoms with Gasteiger partial charge in [0, 0.05) is 25.2 Å². The fraction of sp³-hybridized carbons (Fsp3) is 0.600. The Kier molecular flexibility index (Phi) is 7.58. The Bertz CT molecular complexity index is 874. The minimum atomic E-state index is -0.878. The Hall–Kier alpha value is -1.88. The van der Waals surface area contributed by atoms with Gasteiger partial charge >= 0.3 is 0 Å². The summed E-state index contributed by atoms with van der Waals surface area (Å²) in [6.45, 7) is 5.97. The molecule has 2 atom stereocenters. The summed E-state index contributed by atoms with van der Waals surface area (Å²) in [5.41, 5.74) is 0.140. The molecule has 4 aliphatic rings. The minimum Gasteiger partial charge on any atom is -0.493 e. The molecule has 6 rings (SSSR count). The summed E-state index contributed by atoms with van der Waals surface area (Å²) >= 11 is 0. The molecule has 2 bridgehead atoms. The number of hydrogen-bond acceptors (Lipinski definition) is 3. The lowest BCUT2D eigenvalue weighted by Gasteiger charge is -2.52. The number of para-hydroxylation sites is 1. The second kappa shape index (κ2) is 10.8. The molecule has 1 saturated carbocycles. The van der Waals surface area contributed by atoms with Gasteiger partial charge in [0.05, 0.1) is 32.8 Å². The molecule has 0 spiro atoms.